The van der Waals surface area contributed by atoms with E-state index >= 15 is 0 Å². The lowest BCUT2D eigenvalue weighted by atomic mass is 10.1. The Morgan fingerprint density at radius 1 is 1.35 bits per heavy atom. The average molecular weight is 266 g/mol. The van der Waals surface area contributed by atoms with E-state index in [1.54, 1.807) is 4.90 Å². The highest BCUT2D eigenvalue weighted by molar-refractivity contribution is 7.86. The fraction of sp³-hybridized carbons (Fsp3) is 0.900. The van der Waals surface area contributed by atoms with Crippen molar-refractivity contribution >= 4 is 16.1 Å². The van der Waals surface area contributed by atoms with Crippen LogP contribution in [0.4, 0.5) is 3.89 Å². The number of carbonyl (C=O) groups excluding carboxylic acids is 1. The molecule has 2 N–H and O–H groups in total. The first kappa shape index (κ1) is 14.4. The molecule has 100 valence electrons. The predicted molar refractivity (Wildman–Crippen MR) is 62.5 cm³/mol. The van der Waals surface area contributed by atoms with Gasteiger partial charge in [0.15, 0.2) is 0 Å². The molecule has 0 saturated carbocycles. The molecule has 0 aromatic heterocycles. The van der Waals surface area contributed by atoms with Crippen LogP contribution in [0.3, 0.4) is 0 Å². The van der Waals surface area contributed by atoms with Crippen LogP contribution in [0.2, 0.25) is 0 Å². The average Bonchev–Trinajstić information content (AvgIpc) is 2.51. The fourth-order valence-corrected chi connectivity index (χ4v) is 2.87. The van der Waals surface area contributed by atoms with E-state index in [1.807, 2.05) is 0 Å². The van der Waals surface area contributed by atoms with Gasteiger partial charge < -0.3 is 10.6 Å². The molecule has 17 heavy (non-hydrogen) atoms. The van der Waals surface area contributed by atoms with Crippen LogP contribution in [0, 0.1) is 5.92 Å². The second-order valence-electron chi connectivity index (χ2n) is 4.46. The standard InChI is InChI=1S/C10H19FN2O3S/c11-17(15,16)8-9-6-10(14)13(7-9)5-3-1-2-4-12/h9H,1-8,12H2. The van der Waals surface area contributed by atoms with Crippen molar-refractivity contribution in [3.05, 3.63) is 0 Å². The smallest absolute Gasteiger partial charge is 0.302 e. The fourth-order valence-electron chi connectivity index (χ4n) is 2.09. The van der Waals surface area contributed by atoms with Gasteiger partial charge in [0.05, 0.1) is 5.75 Å². The molecule has 1 atom stereocenters. The first-order valence-electron chi connectivity index (χ1n) is 5.82. The molecule has 7 heteroatoms. The molecular formula is C10H19FN2O3S. The molecule has 0 spiro atoms. The van der Waals surface area contributed by atoms with Gasteiger partial charge in [-0.1, -0.05) is 6.42 Å². The quantitative estimate of drug-likeness (QED) is 0.529. The number of likely N-dealkylation sites (tertiary alicyclic amines) is 1. The number of nitrogens with zero attached hydrogens (tertiary/aromatic N) is 1. The third kappa shape index (κ3) is 5.45. The summed E-state index contributed by atoms with van der Waals surface area (Å²) in [5.74, 6) is -1.02. The molecule has 1 rings (SSSR count). The molecule has 0 bridgehead atoms. The summed E-state index contributed by atoms with van der Waals surface area (Å²) in [7, 11) is -4.48. The van der Waals surface area contributed by atoms with E-state index in [9.17, 15) is 17.1 Å². The van der Waals surface area contributed by atoms with Gasteiger partial charge in [-0.15, -0.1) is 3.89 Å². The number of hydrogen-bond acceptors (Lipinski definition) is 4. The van der Waals surface area contributed by atoms with Crippen molar-refractivity contribution in [1.29, 1.82) is 0 Å². The van der Waals surface area contributed by atoms with Gasteiger partial charge >= 0.3 is 10.2 Å². The van der Waals surface area contributed by atoms with E-state index in [1.165, 1.54) is 0 Å². The lowest BCUT2D eigenvalue weighted by Gasteiger charge is -2.15. The van der Waals surface area contributed by atoms with Crippen LogP contribution in [0.15, 0.2) is 0 Å². The van der Waals surface area contributed by atoms with Crippen LogP contribution >= 0.6 is 0 Å². The zero-order valence-electron chi connectivity index (χ0n) is 9.77. The Balaban J connectivity index is 2.32. The molecule has 1 unspecified atom stereocenters. The molecule has 1 amide bonds. The first-order valence-corrected chi connectivity index (χ1v) is 7.38. The molecule has 0 aromatic carbocycles. The van der Waals surface area contributed by atoms with Gasteiger partial charge in [-0.25, -0.2) is 0 Å². The van der Waals surface area contributed by atoms with Gasteiger partial charge in [0.1, 0.15) is 0 Å². The maximum absolute atomic E-state index is 12.5. The van der Waals surface area contributed by atoms with Crippen LogP contribution in [0.5, 0.6) is 0 Å². The third-order valence-electron chi connectivity index (χ3n) is 2.86. The normalized spacial score (nSPS) is 21.2. The molecule has 1 aliphatic heterocycles. The molecule has 5 nitrogen and oxygen atoms in total. The highest BCUT2D eigenvalue weighted by atomic mass is 32.3. The van der Waals surface area contributed by atoms with E-state index in [0.29, 0.717) is 19.6 Å². The molecule has 0 aliphatic carbocycles. The Hall–Kier alpha value is -0.690. The lowest BCUT2D eigenvalue weighted by molar-refractivity contribution is -0.127. The summed E-state index contributed by atoms with van der Waals surface area (Å²) in [5.41, 5.74) is 5.35. The van der Waals surface area contributed by atoms with Gasteiger partial charge in [0.2, 0.25) is 5.91 Å². The van der Waals surface area contributed by atoms with Crippen molar-refractivity contribution in [3.63, 3.8) is 0 Å². The third-order valence-corrected chi connectivity index (χ3v) is 3.73. The van der Waals surface area contributed by atoms with Crippen molar-refractivity contribution < 1.29 is 17.1 Å². The SMILES string of the molecule is NCCCCCN1CC(CS(=O)(=O)F)CC1=O. The second kappa shape index (κ2) is 6.30. The van der Waals surface area contributed by atoms with Crippen molar-refractivity contribution in [2.45, 2.75) is 25.7 Å². The minimum atomic E-state index is -4.48. The van der Waals surface area contributed by atoms with Crippen LogP contribution in [0.1, 0.15) is 25.7 Å². The number of amides is 1. The van der Waals surface area contributed by atoms with Gasteiger partial charge in [0, 0.05) is 25.4 Å². The molecule has 1 saturated heterocycles. The zero-order chi connectivity index (χ0) is 12.9. The maximum atomic E-state index is 12.5. The number of hydrogen-bond donors (Lipinski definition) is 1. The summed E-state index contributed by atoms with van der Waals surface area (Å²) < 4.78 is 33.5. The van der Waals surface area contributed by atoms with Gasteiger partial charge in [-0.05, 0) is 19.4 Å². The Morgan fingerprint density at radius 3 is 2.65 bits per heavy atom. The summed E-state index contributed by atoms with van der Waals surface area (Å²) in [6.45, 7) is 1.60. The highest BCUT2D eigenvalue weighted by Crippen LogP contribution is 2.20. The van der Waals surface area contributed by atoms with Gasteiger partial charge in [-0.2, -0.15) is 8.42 Å². The summed E-state index contributed by atoms with van der Waals surface area (Å²) in [6, 6.07) is 0. The summed E-state index contributed by atoms with van der Waals surface area (Å²) in [4.78, 5) is 13.1. The predicted octanol–water partition coefficient (Wildman–Crippen LogP) is 0.263. The topological polar surface area (TPSA) is 80.5 Å². The molecule has 0 aromatic rings. The molecule has 1 aliphatic rings. The number of nitrogens with two attached hydrogens (primary N) is 1. The zero-order valence-corrected chi connectivity index (χ0v) is 10.6. The van der Waals surface area contributed by atoms with E-state index in [-0.39, 0.29) is 12.3 Å². The molecule has 1 heterocycles. The maximum Gasteiger partial charge on any atom is 0.302 e. The van der Waals surface area contributed by atoms with Crippen molar-refractivity contribution in [2.24, 2.45) is 11.7 Å². The van der Waals surface area contributed by atoms with E-state index in [2.05, 4.69) is 0 Å². The van der Waals surface area contributed by atoms with Crippen molar-refractivity contribution in [3.8, 4) is 0 Å². The van der Waals surface area contributed by atoms with E-state index in [0.717, 1.165) is 19.3 Å². The number of carbonyl (C=O) groups is 1. The molecular weight excluding hydrogens is 247 g/mol. The van der Waals surface area contributed by atoms with Gasteiger partial charge in [0.25, 0.3) is 0 Å². The van der Waals surface area contributed by atoms with Gasteiger partial charge in [-0.3, -0.25) is 4.79 Å². The van der Waals surface area contributed by atoms with Crippen LogP contribution in [0.25, 0.3) is 0 Å². The van der Waals surface area contributed by atoms with E-state index in [4.69, 9.17) is 5.73 Å². The first-order chi connectivity index (χ1) is 7.92. The highest BCUT2D eigenvalue weighted by Gasteiger charge is 2.32. The van der Waals surface area contributed by atoms with Crippen LogP contribution < -0.4 is 5.73 Å². The number of rotatable bonds is 7. The minimum absolute atomic E-state index is 0.0774. The largest absolute Gasteiger partial charge is 0.342 e. The molecule has 0 radical (unpaired) electrons. The van der Waals surface area contributed by atoms with Crippen LogP contribution in [-0.2, 0) is 15.0 Å². The monoisotopic (exact) mass is 266 g/mol. The van der Waals surface area contributed by atoms with E-state index < -0.39 is 21.9 Å². The molecule has 1 fully saturated rings. The minimum Gasteiger partial charge on any atom is -0.342 e. The number of halogens is 1. The summed E-state index contributed by atoms with van der Waals surface area (Å²) in [6.07, 6.45) is 2.87. The van der Waals surface area contributed by atoms with Crippen molar-refractivity contribution in [1.82, 2.24) is 4.90 Å². The summed E-state index contributed by atoms with van der Waals surface area (Å²) >= 11 is 0. The second-order valence-corrected chi connectivity index (χ2v) is 5.88. The lowest BCUT2D eigenvalue weighted by Crippen LogP contribution is -2.27. The number of unbranched alkanes of at least 4 members (excludes halogenated alkanes) is 2. The Kier molecular flexibility index (Phi) is 5.32. The Labute approximate surface area is 101 Å². The van der Waals surface area contributed by atoms with Crippen molar-refractivity contribution in [2.75, 3.05) is 25.4 Å². The van der Waals surface area contributed by atoms with Crippen LogP contribution in [-0.4, -0.2) is 44.6 Å². The summed E-state index contributed by atoms with van der Waals surface area (Å²) in [5, 5.41) is 0. The Morgan fingerprint density at radius 2 is 2.06 bits per heavy atom. The Bertz CT molecular complexity index is 359.